The van der Waals surface area contributed by atoms with Crippen molar-refractivity contribution in [2.24, 2.45) is 11.3 Å². The number of carbonyl (C=O) groups is 4. The molecule has 0 radical (unpaired) electrons. The van der Waals surface area contributed by atoms with E-state index in [1.54, 1.807) is 48.5 Å². The first-order valence-electron chi connectivity index (χ1n) is 9.85. The maximum absolute atomic E-state index is 13.3. The van der Waals surface area contributed by atoms with Gasteiger partial charge in [-0.15, -0.1) is 0 Å². The zero-order valence-corrected chi connectivity index (χ0v) is 18.4. The molecule has 0 heterocycles. The smallest absolute Gasteiger partial charge is 0.408 e. The minimum Gasteiger partial charge on any atom is -0.481 e. The number of amides is 2. The molecule has 2 atom stereocenters. The lowest BCUT2D eigenvalue weighted by molar-refractivity contribution is -0.155. The van der Waals surface area contributed by atoms with Crippen LogP contribution in [0.2, 0.25) is 0 Å². The Morgan fingerprint density at radius 3 is 2.03 bits per heavy atom. The summed E-state index contributed by atoms with van der Waals surface area (Å²) < 4.78 is 10.2. The number of carboxylic acid groups (broad SMARTS) is 1. The molecular weight excluding hydrogens is 380 g/mol. The molecule has 2 N–H and O–H groups in total. The Bertz CT molecular complexity index is 630. The average molecular weight is 414 g/mol. The quantitative estimate of drug-likeness (QED) is 0.584. The molecule has 1 aliphatic carbocycles. The fourth-order valence-corrected chi connectivity index (χ4v) is 3.03. The lowest BCUT2D eigenvalue weighted by atomic mass is 9.75. The highest BCUT2D eigenvalue weighted by Gasteiger charge is 2.47. The molecule has 2 amide bonds. The van der Waals surface area contributed by atoms with E-state index in [-0.39, 0.29) is 19.2 Å². The van der Waals surface area contributed by atoms with Crippen LogP contribution < -0.4 is 5.32 Å². The van der Waals surface area contributed by atoms with Crippen molar-refractivity contribution in [3.05, 3.63) is 0 Å². The van der Waals surface area contributed by atoms with E-state index in [2.05, 4.69) is 5.32 Å². The van der Waals surface area contributed by atoms with Crippen molar-refractivity contribution < 1.29 is 33.8 Å². The second-order valence-electron chi connectivity index (χ2n) is 9.31. The molecule has 0 aromatic heterocycles. The monoisotopic (exact) mass is 414 g/mol. The highest BCUT2D eigenvalue weighted by molar-refractivity contribution is 5.93. The van der Waals surface area contributed by atoms with Gasteiger partial charge in [0.1, 0.15) is 18.2 Å². The minimum absolute atomic E-state index is 0.171. The minimum atomic E-state index is -1.39. The molecule has 0 bridgehead atoms. The summed E-state index contributed by atoms with van der Waals surface area (Å²) in [7, 11) is 0. The molecule has 0 spiro atoms. The largest absolute Gasteiger partial charge is 0.481 e. The van der Waals surface area contributed by atoms with E-state index in [9.17, 15) is 24.3 Å². The van der Waals surface area contributed by atoms with E-state index in [1.807, 2.05) is 0 Å². The SMILES string of the molecule is CCOC(=O)CN(C(=O)C(NC(=O)OC(C)(C)C)[C@@H](C(=O)O)C(C)(C)C)C1CC1. The van der Waals surface area contributed by atoms with Gasteiger partial charge in [0.05, 0.1) is 12.5 Å². The molecule has 1 saturated carbocycles. The van der Waals surface area contributed by atoms with Gasteiger partial charge in [0.25, 0.3) is 0 Å². The van der Waals surface area contributed by atoms with Crippen LogP contribution in [0.15, 0.2) is 0 Å². The van der Waals surface area contributed by atoms with Crippen molar-refractivity contribution >= 4 is 23.9 Å². The van der Waals surface area contributed by atoms with E-state index in [0.717, 1.165) is 0 Å². The van der Waals surface area contributed by atoms with Crippen LogP contribution in [0.3, 0.4) is 0 Å². The number of hydrogen-bond donors (Lipinski definition) is 2. The highest BCUT2D eigenvalue weighted by atomic mass is 16.6. The first-order valence-corrected chi connectivity index (χ1v) is 9.85. The standard InChI is InChI=1S/C20H34N2O7/c1-8-28-13(23)11-22(12-9-10-12)16(24)15(14(17(25)26)19(2,3)4)21-18(27)29-20(5,6)7/h12,14-15H,8-11H2,1-7H3,(H,21,27)(H,25,26)/t14-,15?/m0/s1. The zero-order chi connectivity index (χ0) is 22.6. The van der Waals surface area contributed by atoms with Crippen LogP contribution in [-0.2, 0) is 23.9 Å². The summed E-state index contributed by atoms with van der Waals surface area (Å²) in [6.45, 7) is 11.6. The molecule has 1 aliphatic rings. The number of nitrogens with zero attached hydrogens (tertiary/aromatic N) is 1. The number of ether oxygens (including phenoxy) is 2. The first-order chi connectivity index (χ1) is 13.2. The second kappa shape index (κ2) is 9.45. The predicted molar refractivity (Wildman–Crippen MR) is 105 cm³/mol. The molecule has 9 heteroatoms. The van der Waals surface area contributed by atoms with Gasteiger partial charge < -0.3 is 24.8 Å². The van der Waals surface area contributed by atoms with Crippen molar-refractivity contribution in [1.82, 2.24) is 10.2 Å². The van der Waals surface area contributed by atoms with Crippen molar-refractivity contribution in [3.63, 3.8) is 0 Å². The fourth-order valence-electron chi connectivity index (χ4n) is 3.03. The number of alkyl carbamates (subject to hydrolysis) is 1. The van der Waals surface area contributed by atoms with E-state index < -0.39 is 46.9 Å². The van der Waals surface area contributed by atoms with Crippen LogP contribution in [0.25, 0.3) is 0 Å². The molecule has 0 aromatic carbocycles. The molecule has 29 heavy (non-hydrogen) atoms. The molecule has 9 nitrogen and oxygen atoms in total. The Labute approximate surface area is 172 Å². The summed E-state index contributed by atoms with van der Waals surface area (Å²) in [5.41, 5.74) is -1.67. The van der Waals surface area contributed by atoms with Gasteiger partial charge in [0, 0.05) is 6.04 Å². The third-order valence-electron chi connectivity index (χ3n) is 4.35. The summed E-state index contributed by atoms with van der Waals surface area (Å²) in [5, 5.41) is 12.3. The number of esters is 1. The number of hydrogen-bond acceptors (Lipinski definition) is 6. The maximum Gasteiger partial charge on any atom is 0.408 e. The molecule has 1 unspecified atom stereocenters. The van der Waals surface area contributed by atoms with Gasteiger partial charge in [0.15, 0.2) is 0 Å². The molecule has 1 fully saturated rings. The summed E-state index contributed by atoms with van der Waals surface area (Å²) in [4.78, 5) is 51.0. The highest BCUT2D eigenvalue weighted by Crippen LogP contribution is 2.33. The topological polar surface area (TPSA) is 122 Å². The molecular formula is C20H34N2O7. The van der Waals surface area contributed by atoms with Gasteiger partial charge >= 0.3 is 18.0 Å². The molecule has 0 aromatic rings. The zero-order valence-electron chi connectivity index (χ0n) is 18.4. The lowest BCUT2D eigenvalue weighted by Gasteiger charge is -2.36. The number of aliphatic carboxylic acids is 1. The van der Waals surface area contributed by atoms with Crippen molar-refractivity contribution in [1.29, 1.82) is 0 Å². The number of rotatable bonds is 8. The fraction of sp³-hybridized carbons (Fsp3) is 0.800. The van der Waals surface area contributed by atoms with Crippen LogP contribution in [0.5, 0.6) is 0 Å². The number of nitrogens with one attached hydrogen (secondary N) is 1. The van der Waals surface area contributed by atoms with Crippen LogP contribution >= 0.6 is 0 Å². The van der Waals surface area contributed by atoms with Crippen molar-refractivity contribution in [2.45, 2.75) is 79.0 Å². The summed E-state index contributed by atoms with van der Waals surface area (Å²) in [6, 6.07) is -1.57. The van der Waals surface area contributed by atoms with Gasteiger partial charge in [-0.05, 0) is 46.0 Å². The van der Waals surface area contributed by atoms with Crippen molar-refractivity contribution in [2.75, 3.05) is 13.2 Å². The molecule has 1 rings (SSSR count). The summed E-state index contributed by atoms with van der Waals surface area (Å²) in [5.74, 6) is -3.66. The lowest BCUT2D eigenvalue weighted by Crippen LogP contribution is -2.58. The van der Waals surface area contributed by atoms with E-state index >= 15 is 0 Å². The third-order valence-corrected chi connectivity index (χ3v) is 4.35. The van der Waals surface area contributed by atoms with Gasteiger partial charge in [-0.3, -0.25) is 14.4 Å². The van der Waals surface area contributed by atoms with Crippen LogP contribution in [0.4, 0.5) is 4.79 Å². The van der Waals surface area contributed by atoms with Gasteiger partial charge in [-0.2, -0.15) is 0 Å². The third kappa shape index (κ3) is 7.91. The normalized spacial score (nSPS) is 16.4. The average Bonchev–Trinajstić information content (AvgIpc) is 3.32. The Kier molecular flexibility index (Phi) is 8.06. The Hall–Kier alpha value is -2.32. The van der Waals surface area contributed by atoms with E-state index in [4.69, 9.17) is 9.47 Å². The number of carboxylic acids is 1. The summed E-state index contributed by atoms with van der Waals surface area (Å²) in [6.07, 6.45) is 0.521. The first kappa shape index (κ1) is 24.7. The number of carbonyl (C=O) groups excluding carboxylic acids is 3. The van der Waals surface area contributed by atoms with Gasteiger partial charge in [-0.25, -0.2) is 4.79 Å². The van der Waals surface area contributed by atoms with Crippen LogP contribution in [-0.4, -0.2) is 64.8 Å². The Balaban J connectivity index is 3.22. The Morgan fingerprint density at radius 1 is 1.10 bits per heavy atom. The summed E-state index contributed by atoms with van der Waals surface area (Å²) >= 11 is 0. The molecule has 166 valence electrons. The van der Waals surface area contributed by atoms with Crippen molar-refractivity contribution in [3.8, 4) is 0 Å². The van der Waals surface area contributed by atoms with E-state index in [1.165, 1.54) is 4.90 Å². The molecule has 0 aliphatic heterocycles. The van der Waals surface area contributed by atoms with Gasteiger partial charge in [-0.1, -0.05) is 20.8 Å². The second-order valence-corrected chi connectivity index (χ2v) is 9.31. The van der Waals surface area contributed by atoms with Crippen LogP contribution in [0.1, 0.15) is 61.3 Å². The molecule has 0 saturated heterocycles. The Morgan fingerprint density at radius 2 is 1.66 bits per heavy atom. The van der Waals surface area contributed by atoms with E-state index in [0.29, 0.717) is 12.8 Å². The maximum atomic E-state index is 13.3. The predicted octanol–water partition coefficient (Wildman–Crippen LogP) is 2.18. The van der Waals surface area contributed by atoms with Crippen LogP contribution in [0, 0.1) is 11.3 Å². The van der Waals surface area contributed by atoms with Gasteiger partial charge in [0.2, 0.25) is 5.91 Å².